The van der Waals surface area contributed by atoms with E-state index in [0.717, 1.165) is 19.3 Å². The quantitative estimate of drug-likeness (QED) is 0.729. The molecule has 134 valence electrons. The topological polar surface area (TPSA) is 72.5 Å². The molecular formula is C18H27NO4S. The fraction of sp³-hybridized carbons (Fsp3) is 0.611. The van der Waals surface area contributed by atoms with Gasteiger partial charge in [0.25, 0.3) is 5.91 Å². The van der Waals surface area contributed by atoms with E-state index in [-0.39, 0.29) is 22.1 Å². The van der Waals surface area contributed by atoms with Crippen LogP contribution in [0.15, 0.2) is 29.2 Å². The zero-order valence-electron chi connectivity index (χ0n) is 14.3. The molecule has 1 fully saturated rings. The largest absolute Gasteiger partial charge is 0.378 e. The van der Waals surface area contributed by atoms with E-state index < -0.39 is 9.84 Å². The van der Waals surface area contributed by atoms with Crippen molar-refractivity contribution in [2.75, 3.05) is 18.9 Å². The van der Waals surface area contributed by atoms with Crippen LogP contribution in [0.1, 0.15) is 55.8 Å². The lowest BCUT2D eigenvalue weighted by Gasteiger charge is -2.21. The molecule has 1 N–H and O–H groups in total. The summed E-state index contributed by atoms with van der Waals surface area (Å²) in [6.45, 7) is 2.68. The van der Waals surface area contributed by atoms with Gasteiger partial charge in [-0.15, -0.1) is 0 Å². The average Bonchev–Trinajstić information content (AvgIpc) is 2.62. The van der Waals surface area contributed by atoms with E-state index in [1.807, 2.05) is 0 Å². The third-order valence-corrected chi connectivity index (χ3v) is 6.15. The molecule has 6 heteroatoms. The van der Waals surface area contributed by atoms with E-state index in [9.17, 15) is 13.2 Å². The van der Waals surface area contributed by atoms with Gasteiger partial charge in [0, 0.05) is 13.2 Å². The van der Waals surface area contributed by atoms with Crippen molar-refractivity contribution in [3.05, 3.63) is 29.8 Å². The zero-order valence-corrected chi connectivity index (χ0v) is 15.1. The monoisotopic (exact) mass is 353 g/mol. The molecule has 1 aliphatic carbocycles. The Kier molecular flexibility index (Phi) is 7.24. The molecule has 0 saturated heterocycles. The number of sulfone groups is 1. The van der Waals surface area contributed by atoms with Crippen molar-refractivity contribution < 1.29 is 17.9 Å². The summed E-state index contributed by atoms with van der Waals surface area (Å²) < 4.78 is 30.0. The van der Waals surface area contributed by atoms with Gasteiger partial charge in [-0.3, -0.25) is 4.79 Å². The molecule has 24 heavy (non-hydrogen) atoms. The minimum atomic E-state index is -3.41. The van der Waals surface area contributed by atoms with Crippen LogP contribution in [0.5, 0.6) is 0 Å². The predicted molar refractivity (Wildman–Crippen MR) is 93.9 cm³/mol. The van der Waals surface area contributed by atoms with Crippen LogP contribution < -0.4 is 5.32 Å². The SMILES string of the molecule is CCS(=O)(=O)c1ccccc1C(=O)NCCCOC1CCCCC1. The van der Waals surface area contributed by atoms with E-state index in [2.05, 4.69) is 5.32 Å². The smallest absolute Gasteiger partial charge is 0.252 e. The number of amides is 1. The van der Waals surface area contributed by atoms with Crippen LogP contribution in [-0.2, 0) is 14.6 Å². The number of ether oxygens (including phenoxy) is 1. The highest BCUT2D eigenvalue weighted by molar-refractivity contribution is 7.91. The summed E-state index contributed by atoms with van der Waals surface area (Å²) in [4.78, 5) is 12.4. The molecule has 0 atom stereocenters. The summed E-state index contributed by atoms with van der Waals surface area (Å²) in [6.07, 6.45) is 7.14. The maximum atomic E-state index is 12.3. The Morgan fingerprint density at radius 3 is 2.62 bits per heavy atom. The van der Waals surface area contributed by atoms with Gasteiger partial charge in [0.15, 0.2) is 9.84 Å². The van der Waals surface area contributed by atoms with Crippen LogP contribution in [0.4, 0.5) is 0 Å². The molecule has 1 aromatic rings. The van der Waals surface area contributed by atoms with Gasteiger partial charge >= 0.3 is 0 Å². The van der Waals surface area contributed by atoms with Gasteiger partial charge in [0.2, 0.25) is 0 Å². The van der Waals surface area contributed by atoms with E-state index in [1.165, 1.54) is 25.3 Å². The second kappa shape index (κ2) is 9.18. The first-order valence-electron chi connectivity index (χ1n) is 8.76. The summed E-state index contributed by atoms with van der Waals surface area (Å²) in [6, 6.07) is 6.35. The van der Waals surface area contributed by atoms with E-state index in [1.54, 1.807) is 25.1 Å². The molecule has 0 unspecified atom stereocenters. The lowest BCUT2D eigenvalue weighted by atomic mass is 9.98. The highest BCUT2D eigenvalue weighted by atomic mass is 32.2. The van der Waals surface area contributed by atoms with E-state index in [0.29, 0.717) is 19.3 Å². The van der Waals surface area contributed by atoms with Crippen molar-refractivity contribution in [1.29, 1.82) is 0 Å². The Labute approximate surface area is 144 Å². The van der Waals surface area contributed by atoms with Crippen LogP contribution >= 0.6 is 0 Å². The summed E-state index contributed by atoms with van der Waals surface area (Å²) >= 11 is 0. The van der Waals surface area contributed by atoms with Crippen molar-refractivity contribution in [3.8, 4) is 0 Å². The molecule has 1 saturated carbocycles. The Balaban J connectivity index is 1.80. The zero-order chi connectivity index (χ0) is 17.4. The number of hydrogen-bond acceptors (Lipinski definition) is 4. The highest BCUT2D eigenvalue weighted by Gasteiger charge is 2.20. The maximum absolute atomic E-state index is 12.3. The molecule has 1 amide bonds. The summed E-state index contributed by atoms with van der Waals surface area (Å²) in [5, 5.41) is 2.79. The van der Waals surface area contributed by atoms with Crippen molar-refractivity contribution in [2.24, 2.45) is 0 Å². The predicted octanol–water partition coefficient (Wildman–Crippen LogP) is 2.95. The van der Waals surface area contributed by atoms with Crippen LogP contribution in [-0.4, -0.2) is 39.3 Å². The van der Waals surface area contributed by atoms with Crippen LogP contribution in [0.3, 0.4) is 0 Å². The van der Waals surface area contributed by atoms with Gasteiger partial charge in [-0.2, -0.15) is 0 Å². The minimum Gasteiger partial charge on any atom is -0.378 e. The molecule has 2 rings (SSSR count). The number of rotatable bonds is 8. The fourth-order valence-electron chi connectivity index (χ4n) is 2.93. The van der Waals surface area contributed by atoms with Gasteiger partial charge in [0.1, 0.15) is 0 Å². The maximum Gasteiger partial charge on any atom is 0.252 e. The number of carbonyl (C=O) groups excluding carboxylic acids is 1. The number of hydrogen-bond donors (Lipinski definition) is 1. The van der Waals surface area contributed by atoms with Gasteiger partial charge < -0.3 is 10.1 Å². The number of nitrogens with one attached hydrogen (secondary N) is 1. The molecule has 0 spiro atoms. The summed E-state index contributed by atoms with van der Waals surface area (Å²) in [7, 11) is -3.41. The standard InChI is InChI=1S/C18H27NO4S/c1-2-24(21,22)17-12-7-6-11-16(17)18(20)19-13-8-14-23-15-9-4-3-5-10-15/h6-7,11-12,15H,2-5,8-10,13-14H2,1H3,(H,19,20). The lowest BCUT2D eigenvalue weighted by molar-refractivity contribution is 0.0273. The highest BCUT2D eigenvalue weighted by Crippen LogP contribution is 2.20. The van der Waals surface area contributed by atoms with Crippen LogP contribution in [0.25, 0.3) is 0 Å². The molecule has 1 aliphatic rings. The molecule has 0 aromatic heterocycles. The average molecular weight is 353 g/mol. The lowest BCUT2D eigenvalue weighted by Crippen LogP contribution is -2.27. The van der Waals surface area contributed by atoms with Crippen molar-refractivity contribution in [3.63, 3.8) is 0 Å². The summed E-state index contributed by atoms with van der Waals surface area (Å²) in [5.41, 5.74) is 0.215. The Bertz CT molecular complexity index is 636. The molecular weight excluding hydrogens is 326 g/mol. The molecule has 1 aromatic carbocycles. The molecule has 0 bridgehead atoms. The molecule has 0 aliphatic heterocycles. The van der Waals surface area contributed by atoms with Crippen molar-refractivity contribution in [1.82, 2.24) is 5.32 Å². The first-order valence-corrected chi connectivity index (χ1v) is 10.4. The Morgan fingerprint density at radius 2 is 1.92 bits per heavy atom. The third kappa shape index (κ3) is 5.31. The van der Waals surface area contributed by atoms with Crippen LogP contribution in [0, 0.1) is 0 Å². The normalized spacial score (nSPS) is 16.0. The van der Waals surface area contributed by atoms with Crippen molar-refractivity contribution >= 4 is 15.7 Å². The fourth-order valence-corrected chi connectivity index (χ4v) is 4.02. The van der Waals surface area contributed by atoms with Gasteiger partial charge in [0.05, 0.1) is 22.3 Å². The molecule has 0 radical (unpaired) electrons. The second-order valence-corrected chi connectivity index (χ2v) is 8.39. The second-order valence-electron chi connectivity index (χ2n) is 6.14. The minimum absolute atomic E-state index is 0.0213. The summed E-state index contributed by atoms with van der Waals surface area (Å²) in [5.74, 6) is -0.368. The molecule has 5 nitrogen and oxygen atoms in total. The van der Waals surface area contributed by atoms with Crippen LogP contribution in [0.2, 0.25) is 0 Å². The molecule has 0 heterocycles. The van der Waals surface area contributed by atoms with Gasteiger partial charge in [-0.05, 0) is 31.4 Å². The number of carbonyl (C=O) groups is 1. The third-order valence-electron chi connectivity index (χ3n) is 4.36. The first-order chi connectivity index (χ1) is 11.5. The first kappa shape index (κ1) is 18.9. The van der Waals surface area contributed by atoms with E-state index >= 15 is 0 Å². The van der Waals surface area contributed by atoms with Gasteiger partial charge in [-0.25, -0.2) is 8.42 Å². The van der Waals surface area contributed by atoms with Crippen molar-refractivity contribution in [2.45, 2.75) is 56.4 Å². The Hall–Kier alpha value is -1.40. The van der Waals surface area contributed by atoms with Gasteiger partial charge in [-0.1, -0.05) is 38.3 Å². The van der Waals surface area contributed by atoms with E-state index in [4.69, 9.17) is 4.74 Å². The number of benzene rings is 1. The Morgan fingerprint density at radius 1 is 1.21 bits per heavy atom.